The van der Waals surface area contributed by atoms with Crippen LogP contribution in [0.15, 0.2) is 11.6 Å². The third-order valence-corrected chi connectivity index (χ3v) is 9.78. The molecular weight excluding hydrogens is 472 g/mol. The van der Waals surface area contributed by atoms with Gasteiger partial charge in [-0.15, -0.1) is 5.92 Å². The molecule has 4 aliphatic rings. The van der Waals surface area contributed by atoms with E-state index in [1.165, 1.54) is 6.08 Å². The van der Waals surface area contributed by atoms with E-state index in [9.17, 15) is 24.9 Å². The summed E-state index contributed by atoms with van der Waals surface area (Å²) in [4.78, 5) is 24.6. The fraction of sp³-hybridized carbons (Fsp3) is 0.800. The van der Waals surface area contributed by atoms with Gasteiger partial charge >= 0.3 is 11.9 Å². The van der Waals surface area contributed by atoms with Crippen LogP contribution >= 0.6 is 0 Å². The van der Waals surface area contributed by atoms with Gasteiger partial charge < -0.3 is 24.8 Å². The van der Waals surface area contributed by atoms with Crippen molar-refractivity contribution in [1.82, 2.24) is 0 Å². The lowest BCUT2D eigenvalue weighted by Gasteiger charge is -2.70. The standard InChI is InChI=1S/C30H44O7/c1-19(2)9-10-22(31)30-23(32)12-14-27(3,4)26(30)21-17-28(5,13-7-6-8-24(33)37-21)29(30,35)15-11-20-16-25(34)36-18-20/h16,19,21-23,26,31-32,35H,6,8-12,14-15,17-18H2,1-5H3/t21-,22+,23+,26+,28+,29-,30+/m1/s1. The molecule has 0 aromatic heterocycles. The largest absolute Gasteiger partial charge is 0.462 e. The number of cyclic esters (lactones) is 1. The summed E-state index contributed by atoms with van der Waals surface area (Å²) in [5, 5.41) is 37.2. The van der Waals surface area contributed by atoms with E-state index in [4.69, 9.17) is 9.47 Å². The van der Waals surface area contributed by atoms with Crippen LogP contribution in [0.5, 0.6) is 0 Å². The van der Waals surface area contributed by atoms with Crippen LogP contribution in [0.3, 0.4) is 0 Å². The Morgan fingerprint density at radius 1 is 1.19 bits per heavy atom. The number of rotatable bonds is 7. The highest BCUT2D eigenvalue weighted by molar-refractivity contribution is 5.85. The molecule has 2 bridgehead atoms. The lowest BCUT2D eigenvalue weighted by Crippen LogP contribution is -2.78. The molecule has 2 aliphatic heterocycles. The zero-order valence-electron chi connectivity index (χ0n) is 23.0. The molecule has 7 heteroatoms. The van der Waals surface area contributed by atoms with Crippen molar-refractivity contribution in [2.75, 3.05) is 6.61 Å². The Morgan fingerprint density at radius 3 is 2.57 bits per heavy atom. The van der Waals surface area contributed by atoms with Crippen LogP contribution in [-0.2, 0) is 19.1 Å². The zero-order valence-corrected chi connectivity index (χ0v) is 23.0. The lowest BCUT2D eigenvalue weighted by atomic mass is 9.37. The molecule has 3 N–H and O–H groups in total. The molecule has 0 unspecified atom stereocenters. The van der Waals surface area contributed by atoms with Gasteiger partial charge in [-0.1, -0.05) is 33.6 Å². The van der Waals surface area contributed by atoms with Crippen LogP contribution in [0, 0.1) is 39.9 Å². The maximum Gasteiger partial charge on any atom is 0.331 e. The lowest BCUT2D eigenvalue weighted by molar-refractivity contribution is -0.331. The monoisotopic (exact) mass is 516 g/mol. The second kappa shape index (κ2) is 10.0. The molecule has 7 nitrogen and oxygen atoms in total. The fourth-order valence-corrected chi connectivity index (χ4v) is 8.01. The quantitative estimate of drug-likeness (QED) is 0.349. The average Bonchev–Trinajstić information content (AvgIpc) is 3.25. The molecule has 206 valence electrons. The summed E-state index contributed by atoms with van der Waals surface area (Å²) in [5.74, 6) is 5.55. The Hall–Kier alpha value is -1.88. The smallest absolute Gasteiger partial charge is 0.331 e. The molecule has 0 spiro atoms. The predicted molar refractivity (Wildman–Crippen MR) is 138 cm³/mol. The van der Waals surface area contributed by atoms with Gasteiger partial charge in [0.05, 0.1) is 35.1 Å². The molecular formula is C30H44O7. The minimum Gasteiger partial charge on any atom is -0.462 e. The molecule has 0 aromatic rings. The average molecular weight is 517 g/mol. The van der Waals surface area contributed by atoms with Crippen molar-refractivity contribution in [1.29, 1.82) is 0 Å². The number of aliphatic hydroxyl groups excluding tert-OH is 2. The topological polar surface area (TPSA) is 113 Å². The van der Waals surface area contributed by atoms with Crippen molar-refractivity contribution in [2.24, 2.45) is 28.1 Å². The summed E-state index contributed by atoms with van der Waals surface area (Å²) < 4.78 is 11.2. The summed E-state index contributed by atoms with van der Waals surface area (Å²) in [6, 6.07) is 0. The van der Waals surface area contributed by atoms with Gasteiger partial charge in [0.2, 0.25) is 0 Å². The van der Waals surface area contributed by atoms with Gasteiger partial charge in [-0.3, -0.25) is 4.79 Å². The Labute approximate surface area is 221 Å². The first-order valence-electron chi connectivity index (χ1n) is 13.9. The van der Waals surface area contributed by atoms with Crippen LogP contribution in [0.1, 0.15) is 92.4 Å². The fourth-order valence-electron chi connectivity index (χ4n) is 8.01. The van der Waals surface area contributed by atoms with Crippen LogP contribution in [0.2, 0.25) is 0 Å². The van der Waals surface area contributed by atoms with E-state index in [0.29, 0.717) is 44.4 Å². The van der Waals surface area contributed by atoms with Crippen molar-refractivity contribution in [3.05, 3.63) is 11.6 Å². The van der Waals surface area contributed by atoms with Crippen LogP contribution in [-0.4, -0.2) is 57.8 Å². The van der Waals surface area contributed by atoms with Crippen LogP contribution < -0.4 is 0 Å². The number of carbonyl (C=O) groups excluding carboxylic acids is 2. The van der Waals surface area contributed by atoms with Gasteiger partial charge in [-0.25, -0.2) is 4.79 Å². The van der Waals surface area contributed by atoms with E-state index < -0.39 is 52.0 Å². The van der Waals surface area contributed by atoms with Crippen molar-refractivity contribution in [3.63, 3.8) is 0 Å². The van der Waals surface area contributed by atoms with Crippen molar-refractivity contribution < 1.29 is 34.4 Å². The number of aliphatic hydroxyl groups is 3. The van der Waals surface area contributed by atoms with Gasteiger partial charge in [-0.05, 0) is 62.4 Å². The Balaban J connectivity index is 1.94. The first kappa shape index (κ1) is 28.1. The molecule has 2 saturated carbocycles. The van der Waals surface area contributed by atoms with E-state index in [-0.39, 0.29) is 25.4 Å². The Morgan fingerprint density at radius 2 is 1.92 bits per heavy atom. The Kier molecular flexibility index (Phi) is 7.62. The van der Waals surface area contributed by atoms with Crippen molar-refractivity contribution in [2.45, 2.75) is 116 Å². The van der Waals surface area contributed by atoms with Gasteiger partial charge in [0, 0.05) is 24.8 Å². The molecule has 4 rings (SSSR count). The number of esters is 2. The molecule has 7 atom stereocenters. The van der Waals surface area contributed by atoms with E-state index in [1.807, 2.05) is 6.92 Å². The zero-order chi connectivity index (χ0) is 27.2. The second-order valence-electron chi connectivity index (χ2n) is 13.1. The highest BCUT2D eigenvalue weighted by atomic mass is 16.5. The normalized spacial score (nSPS) is 39.7. The number of fused-ring (bicyclic) bond motifs is 4. The Bertz CT molecular complexity index is 1000. The van der Waals surface area contributed by atoms with E-state index in [1.54, 1.807) is 0 Å². The van der Waals surface area contributed by atoms with Gasteiger partial charge in [0.25, 0.3) is 0 Å². The van der Waals surface area contributed by atoms with E-state index in [2.05, 4.69) is 39.5 Å². The number of ether oxygens (including phenoxy) is 2. The molecule has 2 heterocycles. The number of carbonyl (C=O) groups is 2. The number of hydrogen-bond donors (Lipinski definition) is 3. The summed E-state index contributed by atoms with van der Waals surface area (Å²) in [7, 11) is 0. The molecule has 0 saturated heterocycles. The summed E-state index contributed by atoms with van der Waals surface area (Å²) in [6.07, 6.45) is 2.41. The van der Waals surface area contributed by atoms with Crippen LogP contribution in [0.4, 0.5) is 0 Å². The number of hydrogen-bond acceptors (Lipinski definition) is 7. The minimum atomic E-state index is -1.62. The minimum absolute atomic E-state index is 0.170. The van der Waals surface area contributed by atoms with Crippen molar-refractivity contribution in [3.8, 4) is 11.8 Å². The summed E-state index contributed by atoms with van der Waals surface area (Å²) >= 11 is 0. The first-order chi connectivity index (χ1) is 17.3. The molecule has 0 aromatic carbocycles. The van der Waals surface area contributed by atoms with Gasteiger partial charge in [0.1, 0.15) is 12.7 Å². The molecule has 0 amide bonds. The third kappa shape index (κ3) is 4.64. The first-order valence-corrected chi connectivity index (χ1v) is 13.9. The maximum atomic E-state index is 13.1. The summed E-state index contributed by atoms with van der Waals surface area (Å²) in [5.41, 5.74) is -3.71. The molecule has 2 fully saturated rings. The van der Waals surface area contributed by atoms with E-state index in [0.717, 1.165) is 12.0 Å². The van der Waals surface area contributed by atoms with Gasteiger partial charge in [0.15, 0.2) is 0 Å². The highest BCUT2D eigenvalue weighted by Crippen LogP contribution is 2.69. The maximum absolute atomic E-state index is 13.1. The molecule has 37 heavy (non-hydrogen) atoms. The summed E-state index contributed by atoms with van der Waals surface area (Å²) in [6.45, 7) is 10.4. The molecule has 2 aliphatic carbocycles. The predicted octanol–water partition coefficient (Wildman–Crippen LogP) is 3.68. The SMILES string of the molecule is CC(C)CC[C@H](O)[C@]12[C@@H](O)CCC(C)(C)[C@@H]1[C@H]1C[C@](C)(C#CCCC(=O)O1)[C@]2(O)CCC1=CC(=O)OC1. The van der Waals surface area contributed by atoms with Crippen LogP contribution in [0.25, 0.3) is 0 Å². The highest BCUT2D eigenvalue weighted by Gasteiger charge is 2.76. The van der Waals surface area contributed by atoms with Gasteiger partial charge in [-0.2, -0.15) is 0 Å². The second-order valence-corrected chi connectivity index (χ2v) is 13.1. The molecule has 0 radical (unpaired) electrons. The van der Waals surface area contributed by atoms with E-state index >= 15 is 0 Å². The van der Waals surface area contributed by atoms with Crippen molar-refractivity contribution >= 4 is 11.9 Å². The third-order valence-electron chi connectivity index (χ3n) is 9.78.